The van der Waals surface area contributed by atoms with Gasteiger partial charge in [0, 0.05) is 12.2 Å². The van der Waals surface area contributed by atoms with Gasteiger partial charge in [-0.05, 0) is 55.7 Å². The Kier molecular flexibility index (Phi) is 5.09. The summed E-state index contributed by atoms with van der Waals surface area (Å²) < 4.78 is 9.18. The Hall–Kier alpha value is -3.74. The highest BCUT2D eigenvalue weighted by atomic mass is 16.5. The molecule has 3 aromatic heterocycles. The van der Waals surface area contributed by atoms with Gasteiger partial charge in [-0.25, -0.2) is 15.0 Å². The first-order valence-corrected chi connectivity index (χ1v) is 11.0. The van der Waals surface area contributed by atoms with Crippen LogP contribution in [0, 0.1) is 5.92 Å². The lowest BCUT2D eigenvalue weighted by Crippen LogP contribution is -2.21. The van der Waals surface area contributed by atoms with Crippen molar-refractivity contribution in [2.75, 3.05) is 6.61 Å². The SMILES string of the molecule is CCOc1ccc(-n2c3nc4ccccc4nc3c3c(=O)n(CCC(C)C)cnc32)cc1. The van der Waals surface area contributed by atoms with Gasteiger partial charge in [-0.1, -0.05) is 26.0 Å². The standard InChI is InChI=1S/C25H25N5O2/c1-4-32-18-11-9-17(10-12-18)30-23-21(25(31)29(15-26-23)14-13-16(2)3)22-24(30)28-20-8-6-5-7-19(20)27-22/h5-12,15-16H,4,13-14H2,1-3H3. The molecule has 0 spiro atoms. The molecule has 0 atom stereocenters. The maximum absolute atomic E-state index is 13.5. The number of hydrogen-bond donors (Lipinski definition) is 0. The Morgan fingerprint density at radius 3 is 2.38 bits per heavy atom. The molecule has 7 nitrogen and oxygen atoms in total. The number of fused-ring (bicyclic) bond motifs is 4. The monoisotopic (exact) mass is 427 g/mol. The molecule has 0 radical (unpaired) electrons. The summed E-state index contributed by atoms with van der Waals surface area (Å²) in [4.78, 5) is 27.9. The van der Waals surface area contributed by atoms with Gasteiger partial charge in [-0.15, -0.1) is 0 Å². The number of ether oxygens (including phenoxy) is 1. The molecule has 0 fully saturated rings. The molecule has 0 N–H and O–H groups in total. The van der Waals surface area contributed by atoms with Gasteiger partial charge in [0.05, 0.1) is 24.0 Å². The zero-order valence-corrected chi connectivity index (χ0v) is 18.4. The van der Waals surface area contributed by atoms with Gasteiger partial charge in [0.15, 0.2) is 11.3 Å². The fraction of sp³-hybridized carbons (Fsp3) is 0.280. The Balaban J connectivity index is 1.82. The predicted molar refractivity (Wildman–Crippen MR) is 127 cm³/mol. The Morgan fingerprint density at radius 1 is 0.969 bits per heavy atom. The molecule has 5 aromatic rings. The van der Waals surface area contributed by atoms with Crippen molar-refractivity contribution >= 4 is 33.2 Å². The quantitative estimate of drug-likeness (QED) is 0.392. The molecular weight excluding hydrogens is 402 g/mol. The van der Waals surface area contributed by atoms with Crippen LogP contribution in [0.4, 0.5) is 0 Å². The molecule has 32 heavy (non-hydrogen) atoms. The van der Waals surface area contributed by atoms with Crippen LogP contribution in [0.2, 0.25) is 0 Å². The number of rotatable bonds is 6. The number of nitrogens with zero attached hydrogens (tertiary/aromatic N) is 5. The summed E-state index contributed by atoms with van der Waals surface area (Å²) in [7, 11) is 0. The third-order valence-electron chi connectivity index (χ3n) is 5.58. The lowest BCUT2D eigenvalue weighted by molar-refractivity contribution is 0.340. The van der Waals surface area contributed by atoms with Gasteiger partial charge in [0.25, 0.3) is 5.56 Å². The van der Waals surface area contributed by atoms with E-state index in [-0.39, 0.29) is 5.56 Å². The van der Waals surface area contributed by atoms with E-state index in [0.29, 0.717) is 41.3 Å². The zero-order chi connectivity index (χ0) is 22.2. The van der Waals surface area contributed by atoms with Crippen molar-refractivity contribution in [1.82, 2.24) is 24.1 Å². The van der Waals surface area contributed by atoms with Crippen LogP contribution in [0.3, 0.4) is 0 Å². The number of para-hydroxylation sites is 2. The van der Waals surface area contributed by atoms with Crippen LogP contribution >= 0.6 is 0 Å². The van der Waals surface area contributed by atoms with Gasteiger partial charge < -0.3 is 4.74 Å². The molecule has 0 bridgehead atoms. The average molecular weight is 428 g/mol. The summed E-state index contributed by atoms with van der Waals surface area (Å²) in [5.41, 5.74) is 4.04. The second kappa shape index (κ2) is 8.07. The number of aromatic nitrogens is 5. The molecule has 0 aliphatic heterocycles. The summed E-state index contributed by atoms with van der Waals surface area (Å²) in [5.74, 6) is 1.28. The molecule has 0 unspecified atom stereocenters. The maximum atomic E-state index is 13.5. The van der Waals surface area contributed by atoms with Crippen molar-refractivity contribution in [3.8, 4) is 11.4 Å². The van der Waals surface area contributed by atoms with E-state index in [1.54, 1.807) is 10.9 Å². The third kappa shape index (κ3) is 3.39. The van der Waals surface area contributed by atoms with Crippen molar-refractivity contribution in [3.05, 3.63) is 65.2 Å². The first kappa shape index (κ1) is 20.2. The summed E-state index contributed by atoms with van der Waals surface area (Å²) in [6.45, 7) is 7.47. The van der Waals surface area contributed by atoms with E-state index in [1.807, 2.05) is 60.0 Å². The van der Waals surface area contributed by atoms with Crippen LogP contribution in [0.5, 0.6) is 5.75 Å². The summed E-state index contributed by atoms with van der Waals surface area (Å²) in [6.07, 6.45) is 2.54. The summed E-state index contributed by atoms with van der Waals surface area (Å²) in [5, 5.41) is 0.499. The van der Waals surface area contributed by atoms with Crippen molar-refractivity contribution in [2.24, 2.45) is 5.92 Å². The molecular formula is C25H25N5O2. The first-order chi connectivity index (χ1) is 15.6. The number of hydrogen-bond acceptors (Lipinski definition) is 5. The lowest BCUT2D eigenvalue weighted by atomic mass is 10.1. The molecule has 0 aliphatic carbocycles. The van der Waals surface area contributed by atoms with Gasteiger partial charge in [0.1, 0.15) is 16.7 Å². The largest absolute Gasteiger partial charge is 0.494 e. The van der Waals surface area contributed by atoms with E-state index in [0.717, 1.165) is 28.9 Å². The molecule has 0 saturated heterocycles. The Morgan fingerprint density at radius 2 is 1.69 bits per heavy atom. The maximum Gasteiger partial charge on any atom is 0.265 e. The topological polar surface area (TPSA) is 74.8 Å². The summed E-state index contributed by atoms with van der Waals surface area (Å²) >= 11 is 0. The van der Waals surface area contributed by atoms with E-state index in [4.69, 9.17) is 19.7 Å². The highest BCUT2D eigenvalue weighted by Crippen LogP contribution is 2.29. The van der Waals surface area contributed by atoms with Gasteiger partial charge in [-0.3, -0.25) is 13.9 Å². The highest BCUT2D eigenvalue weighted by Gasteiger charge is 2.21. The van der Waals surface area contributed by atoms with Crippen LogP contribution in [0.15, 0.2) is 59.7 Å². The fourth-order valence-corrected chi connectivity index (χ4v) is 3.93. The molecule has 0 saturated carbocycles. The average Bonchev–Trinajstić information content (AvgIpc) is 3.11. The molecule has 7 heteroatoms. The van der Waals surface area contributed by atoms with Gasteiger partial charge >= 0.3 is 0 Å². The van der Waals surface area contributed by atoms with Crippen molar-refractivity contribution < 1.29 is 4.74 Å². The number of aryl methyl sites for hydroxylation is 1. The molecule has 162 valence electrons. The predicted octanol–water partition coefficient (Wildman–Crippen LogP) is 4.73. The van der Waals surface area contributed by atoms with E-state index < -0.39 is 0 Å². The Bertz CT molecular complexity index is 1480. The van der Waals surface area contributed by atoms with E-state index in [9.17, 15) is 4.79 Å². The highest BCUT2D eigenvalue weighted by molar-refractivity contribution is 6.05. The molecule has 0 aliphatic rings. The number of benzene rings is 2. The normalized spacial score (nSPS) is 11.8. The first-order valence-electron chi connectivity index (χ1n) is 11.0. The van der Waals surface area contributed by atoms with Crippen LogP contribution in [0.1, 0.15) is 27.2 Å². The second-order valence-electron chi connectivity index (χ2n) is 8.27. The van der Waals surface area contributed by atoms with Crippen molar-refractivity contribution in [1.29, 1.82) is 0 Å². The second-order valence-corrected chi connectivity index (χ2v) is 8.27. The summed E-state index contributed by atoms with van der Waals surface area (Å²) in [6, 6.07) is 15.4. The minimum Gasteiger partial charge on any atom is -0.494 e. The molecule has 0 amide bonds. The van der Waals surface area contributed by atoms with Crippen LogP contribution in [-0.2, 0) is 6.54 Å². The minimum absolute atomic E-state index is 0.0880. The van der Waals surface area contributed by atoms with Gasteiger partial charge in [0.2, 0.25) is 0 Å². The Labute approximate surface area is 185 Å². The van der Waals surface area contributed by atoms with Crippen LogP contribution in [0.25, 0.3) is 38.9 Å². The van der Waals surface area contributed by atoms with E-state index in [1.165, 1.54) is 0 Å². The van der Waals surface area contributed by atoms with Gasteiger partial charge in [-0.2, -0.15) is 0 Å². The van der Waals surface area contributed by atoms with Crippen molar-refractivity contribution in [3.63, 3.8) is 0 Å². The minimum atomic E-state index is -0.0880. The molecule has 5 rings (SSSR count). The zero-order valence-electron chi connectivity index (χ0n) is 18.4. The van der Waals surface area contributed by atoms with Crippen LogP contribution in [-0.4, -0.2) is 30.7 Å². The smallest absolute Gasteiger partial charge is 0.265 e. The third-order valence-corrected chi connectivity index (χ3v) is 5.58. The fourth-order valence-electron chi connectivity index (χ4n) is 3.93. The van der Waals surface area contributed by atoms with Crippen LogP contribution < -0.4 is 10.3 Å². The van der Waals surface area contributed by atoms with Crippen molar-refractivity contribution in [2.45, 2.75) is 33.7 Å². The lowest BCUT2D eigenvalue weighted by Gasteiger charge is -2.09. The molecule has 3 heterocycles. The molecule has 2 aromatic carbocycles. The van der Waals surface area contributed by atoms with E-state index >= 15 is 0 Å². The van der Waals surface area contributed by atoms with E-state index in [2.05, 4.69) is 13.8 Å².